The molecule has 1 aliphatic rings. The summed E-state index contributed by atoms with van der Waals surface area (Å²) in [5.74, 6) is 0.842. The van der Waals surface area contributed by atoms with E-state index in [9.17, 15) is 0 Å². The monoisotopic (exact) mass is 210 g/mol. The Morgan fingerprint density at radius 2 is 2.20 bits per heavy atom. The van der Waals surface area contributed by atoms with Gasteiger partial charge < -0.3 is 14.9 Å². The van der Waals surface area contributed by atoms with Gasteiger partial charge in [-0.2, -0.15) is 0 Å². The Labute approximate surface area is 89.8 Å². The number of rotatable bonds is 3. The number of hydrogen-bond acceptors (Lipinski definition) is 4. The molecule has 0 unspecified atom stereocenters. The number of ether oxygens (including phenoxy) is 1. The Balaban J connectivity index is 2.12. The first-order valence-corrected chi connectivity index (χ1v) is 5.47. The van der Waals surface area contributed by atoms with Gasteiger partial charge in [0.2, 0.25) is 0 Å². The van der Waals surface area contributed by atoms with Crippen LogP contribution in [0.25, 0.3) is 0 Å². The van der Waals surface area contributed by atoms with Gasteiger partial charge in [-0.15, -0.1) is 0 Å². The Morgan fingerprint density at radius 1 is 1.47 bits per heavy atom. The van der Waals surface area contributed by atoms with Crippen molar-refractivity contribution in [2.75, 3.05) is 19.8 Å². The molecular weight excluding hydrogens is 192 g/mol. The van der Waals surface area contributed by atoms with Crippen LogP contribution in [0.2, 0.25) is 0 Å². The fourth-order valence-corrected chi connectivity index (χ4v) is 1.88. The molecule has 15 heavy (non-hydrogen) atoms. The molecule has 0 amide bonds. The standard InChI is InChI=1S/C11H18N2O2/c1-11(3-6-14-7-4-11)10-13-9(2-5-12)8-15-10/h8H,2-7,12H2,1H3. The van der Waals surface area contributed by atoms with Gasteiger partial charge in [-0.1, -0.05) is 6.92 Å². The summed E-state index contributed by atoms with van der Waals surface area (Å²) in [7, 11) is 0. The van der Waals surface area contributed by atoms with Crippen molar-refractivity contribution in [1.82, 2.24) is 4.98 Å². The Hall–Kier alpha value is -0.870. The fourth-order valence-electron chi connectivity index (χ4n) is 1.88. The van der Waals surface area contributed by atoms with E-state index in [1.807, 2.05) is 0 Å². The van der Waals surface area contributed by atoms with Crippen LogP contribution >= 0.6 is 0 Å². The summed E-state index contributed by atoms with van der Waals surface area (Å²) in [5, 5.41) is 0. The van der Waals surface area contributed by atoms with Gasteiger partial charge in [-0.3, -0.25) is 0 Å². The molecule has 2 N–H and O–H groups in total. The van der Waals surface area contributed by atoms with E-state index < -0.39 is 0 Å². The molecule has 1 aliphatic heterocycles. The third-order valence-electron chi connectivity index (χ3n) is 3.06. The summed E-state index contributed by atoms with van der Waals surface area (Å²) in [6, 6.07) is 0. The van der Waals surface area contributed by atoms with E-state index in [0.29, 0.717) is 6.54 Å². The van der Waals surface area contributed by atoms with Gasteiger partial charge in [0.1, 0.15) is 6.26 Å². The summed E-state index contributed by atoms with van der Waals surface area (Å²) in [6.45, 7) is 4.40. The Morgan fingerprint density at radius 3 is 2.87 bits per heavy atom. The lowest BCUT2D eigenvalue weighted by Gasteiger charge is -2.30. The van der Waals surface area contributed by atoms with Gasteiger partial charge in [-0.05, 0) is 19.4 Å². The number of nitrogens with zero attached hydrogens (tertiary/aromatic N) is 1. The zero-order chi connectivity index (χ0) is 10.7. The molecule has 1 saturated heterocycles. The van der Waals surface area contributed by atoms with Gasteiger partial charge in [-0.25, -0.2) is 4.98 Å². The lowest BCUT2D eigenvalue weighted by Crippen LogP contribution is -2.31. The summed E-state index contributed by atoms with van der Waals surface area (Å²) >= 11 is 0. The fraction of sp³-hybridized carbons (Fsp3) is 0.727. The highest BCUT2D eigenvalue weighted by Gasteiger charge is 2.33. The van der Waals surface area contributed by atoms with Gasteiger partial charge >= 0.3 is 0 Å². The third-order valence-corrected chi connectivity index (χ3v) is 3.06. The minimum atomic E-state index is 0.0467. The second-order valence-corrected chi connectivity index (χ2v) is 4.36. The maximum absolute atomic E-state index is 5.54. The maximum Gasteiger partial charge on any atom is 0.200 e. The van der Waals surface area contributed by atoms with Crippen molar-refractivity contribution in [1.29, 1.82) is 0 Å². The second-order valence-electron chi connectivity index (χ2n) is 4.36. The molecule has 0 aliphatic carbocycles. The molecule has 0 atom stereocenters. The van der Waals surface area contributed by atoms with Crippen molar-refractivity contribution in [3.8, 4) is 0 Å². The van der Waals surface area contributed by atoms with Crippen LogP contribution in [0.1, 0.15) is 31.4 Å². The molecule has 1 fully saturated rings. The van der Waals surface area contributed by atoms with Gasteiger partial charge in [0.05, 0.1) is 5.69 Å². The second kappa shape index (κ2) is 4.33. The molecule has 0 saturated carbocycles. The zero-order valence-corrected chi connectivity index (χ0v) is 9.16. The smallest absolute Gasteiger partial charge is 0.200 e. The first-order chi connectivity index (χ1) is 7.24. The van der Waals surface area contributed by atoms with Crippen LogP contribution in [-0.4, -0.2) is 24.7 Å². The lowest BCUT2D eigenvalue weighted by atomic mass is 9.82. The lowest BCUT2D eigenvalue weighted by molar-refractivity contribution is 0.0470. The highest BCUT2D eigenvalue weighted by atomic mass is 16.5. The molecule has 0 radical (unpaired) electrons. The van der Waals surface area contributed by atoms with Crippen molar-refractivity contribution in [3.63, 3.8) is 0 Å². The van der Waals surface area contributed by atoms with Crippen molar-refractivity contribution in [3.05, 3.63) is 17.8 Å². The average Bonchev–Trinajstić information content (AvgIpc) is 2.69. The van der Waals surface area contributed by atoms with Crippen LogP contribution in [0.3, 0.4) is 0 Å². The summed E-state index contributed by atoms with van der Waals surface area (Å²) < 4.78 is 10.9. The van der Waals surface area contributed by atoms with E-state index in [-0.39, 0.29) is 5.41 Å². The summed E-state index contributed by atoms with van der Waals surface area (Å²) in [4.78, 5) is 4.49. The molecule has 1 aromatic rings. The number of oxazole rings is 1. The van der Waals surface area contributed by atoms with E-state index in [0.717, 1.165) is 44.1 Å². The summed E-state index contributed by atoms with van der Waals surface area (Å²) in [6.07, 6.45) is 4.48. The predicted octanol–water partition coefficient (Wildman–Crippen LogP) is 1.24. The quantitative estimate of drug-likeness (QED) is 0.815. The SMILES string of the molecule is CC1(c2nc(CCN)co2)CCOCC1. The highest BCUT2D eigenvalue weighted by molar-refractivity contribution is 5.08. The number of nitrogens with two attached hydrogens (primary N) is 1. The number of hydrogen-bond donors (Lipinski definition) is 1. The summed E-state index contributed by atoms with van der Waals surface area (Å²) in [5.41, 5.74) is 6.48. The topological polar surface area (TPSA) is 61.3 Å². The maximum atomic E-state index is 5.54. The van der Waals surface area contributed by atoms with E-state index in [1.165, 1.54) is 0 Å². The largest absolute Gasteiger partial charge is 0.448 e. The van der Waals surface area contributed by atoms with Crippen LogP contribution in [0, 0.1) is 0 Å². The minimum absolute atomic E-state index is 0.0467. The molecule has 2 rings (SSSR count). The average molecular weight is 210 g/mol. The van der Waals surface area contributed by atoms with Gasteiger partial charge in [0, 0.05) is 25.0 Å². The Kier molecular flexibility index (Phi) is 3.07. The zero-order valence-electron chi connectivity index (χ0n) is 9.16. The van der Waals surface area contributed by atoms with Crippen molar-refractivity contribution < 1.29 is 9.15 Å². The van der Waals surface area contributed by atoms with Crippen LogP contribution in [0.5, 0.6) is 0 Å². The number of aromatic nitrogens is 1. The van der Waals surface area contributed by atoms with E-state index >= 15 is 0 Å². The first kappa shape index (κ1) is 10.6. The molecule has 2 heterocycles. The Bertz CT molecular complexity index is 316. The first-order valence-electron chi connectivity index (χ1n) is 5.47. The van der Waals surface area contributed by atoms with Crippen LogP contribution in [-0.2, 0) is 16.6 Å². The van der Waals surface area contributed by atoms with Crippen molar-refractivity contribution in [2.24, 2.45) is 5.73 Å². The van der Waals surface area contributed by atoms with Crippen LogP contribution < -0.4 is 5.73 Å². The van der Waals surface area contributed by atoms with Crippen LogP contribution in [0.4, 0.5) is 0 Å². The molecule has 0 aromatic carbocycles. The molecule has 4 heteroatoms. The van der Waals surface area contributed by atoms with Gasteiger partial charge in [0.15, 0.2) is 5.89 Å². The molecule has 4 nitrogen and oxygen atoms in total. The minimum Gasteiger partial charge on any atom is -0.448 e. The highest BCUT2D eigenvalue weighted by Crippen LogP contribution is 2.33. The van der Waals surface area contributed by atoms with E-state index in [1.54, 1.807) is 6.26 Å². The van der Waals surface area contributed by atoms with Gasteiger partial charge in [0.25, 0.3) is 0 Å². The molecular formula is C11H18N2O2. The normalized spacial score (nSPS) is 20.4. The van der Waals surface area contributed by atoms with Crippen molar-refractivity contribution >= 4 is 0 Å². The van der Waals surface area contributed by atoms with E-state index in [4.69, 9.17) is 14.9 Å². The van der Waals surface area contributed by atoms with E-state index in [2.05, 4.69) is 11.9 Å². The predicted molar refractivity (Wildman–Crippen MR) is 56.7 cm³/mol. The molecule has 1 aromatic heterocycles. The molecule has 84 valence electrons. The van der Waals surface area contributed by atoms with Crippen LogP contribution in [0.15, 0.2) is 10.7 Å². The van der Waals surface area contributed by atoms with Crippen molar-refractivity contribution in [2.45, 2.75) is 31.6 Å². The molecule has 0 bridgehead atoms. The third kappa shape index (κ3) is 2.21. The molecule has 0 spiro atoms.